The second-order valence-electron chi connectivity index (χ2n) is 28.8. The molecule has 564 valence electrons. The van der Waals surface area contributed by atoms with Crippen molar-refractivity contribution < 1.29 is 80.2 Å². The van der Waals surface area contributed by atoms with Gasteiger partial charge in [-0.1, -0.05) is 331 Å². The van der Waals surface area contributed by atoms with Crippen LogP contribution in [0.2, 0.25) is 0 Å². The summed E-state index contributed by atoms with van der Waals surface area (Å²) < 4.78 is 68.5. The Kier molecular flexibility index (Phi) is 64.0. The summed E-state index contributed by atoms with van der Waals surface area (Å²) in [4.78, 5) is 72.8. The number of aliphatic hydroxyl groups is 1. The summed E-state index contributed by atoms with van der Waals surface area (Å²) in [5, 5.41) is 10.6. The highest BCUT2D eigenvalue weighted by Gasteiger charge is 2.30. The van der Waals surface area contributed by atoms with Crippen molar-refractivity contribution in [3.8, 4) is 0 Å². The SMILES string of the molecule is CCC(C)CCCCCCCCCCCCCCCCC(=O)O[C@H](COC(=O)CCCCCCCCC(C)CC)COP(=O)(O)OCC(O)COP(=O)(O)OC[C@@H](COC(=O)CCCCCCCCCC(C)C)OC(=O)CCCCCCCCCCCCCCCCC(C)C. The second kappa shape index (κ2) is 65.4. The van der Waals surface area contributed by atoms with Crippen LogP contribution in [0.5, 0.6) is 0 Å². The van der Waals surface area contributed by atoms with E-state index in [0.717, 1.165) is 120 Å². The van der Waals surface area contributed by atoms with Crippen LogP contribution in [0.3, 0.4) is 0 Å². The number of hydrogen-bond acceptors (Lipinski definition) is 15. The Morgan fingerprint density at radius 1 is 0.295 bits per heavy atom. The number of carbonyl (C=O) groups is 4. The number of esters is 4. The molecule has 19 heteroatoms. The van der Waals surface area contributed by atoms with Crippen molar-refractivity contribution in [3.05, 3.63) is 0 Å². The molecule has 0 rings (SSSR count). The first kappa shape index (κ1) is 93.1. The van der Waals surface area contributed by atoms with Gasteiger partial charge in [-0.3, -0.25) is 37.3 Å². The Labute approximate surface area is 581 Å². The van der Waals surface area contributed by atoms with Gasteiger partial charge in [0.1, 0.15) is 19.3 Å². The molecule has 0 fully saturated rings. The van der Waals surface area contributed by atoms with Gasteiger partial charge in [-0.2, -0.15) is 0 Å². The molecule has 0 heterocycles. The van der Waals surface area contributed by atoms with E-state index in [4.69, 9.17) is 37.0 Å². The van der Waals surface area contributed by atoms with Gasteiger partial charge in [-0.05, 0) is 49.4 Å². The number of hydrogen-bond donors (Lipinski definition) is 3. The van der Waals surface area contributed by atoms with Gasteiger partial charge in [0, 0.05) is 25.7 Å². The van der Waals surface area contributed by atoms with Gasteiger partial charge in [0.2, 0.25) is 0 Å². The summed E-state index contributed by atoms with van der Waals surface area (Å²) >= 11 is 0. The van der Waals surface area contributed by atoms with Gasteiger partial charge >= 0.3 is 39.5 Å². The molecule has 0 bridgehead atoms. The Morgan fingerprint density at radius 2 is 0.505 bits per heavy atom. The van der Waals surface area contributed by atoms with Crippen molar-refractivity contribution in [1.82, 2.24) is 0 Å². The normalized spacial score (nSPS) is 14.7. The Bertz CT molecular complexity index is 1870. The minimum atomic E-state index is -4.96. The summed E-state index contributed by atoms with van der Waals surface area (Å²) in [5.74, 6) is 0.954. The summed E-state index contributed by atoms with van der Waals surface area (Å²) in [7, 11) is -9.91. The van der Waals surface area contributed by atoms with Crippen molar-refractivity contribution in [3.63, 3.8) is 0 Å². The third-order valence-electron chi connectivity index (χ3n) is 18.3. The van der Waals surface area contributed by atoms with E-state index in [1.807, 2.05) is 0 Å². The average Bonchev–Trinajstić information content (AvgIpc) is 1.47. The topological polar surface area (TPSA) is 237 Å². The van der Waals surface area contributed by atoms with Crippen molar-refractivity contribution in [1.29, 1.82) is 0 Å². The minimum absolute atomic E-state index is 0.106. The molecule has 3 N–H and O–H groups in total. The van der Waals surface area contributed by atoms with E-state index in [2.05, 4.69) is 55.4 Å². The third-order valence-corrected chi connectivity index (χ3v) is 20.2. The zero-order valence-corrected chi connectivity index (χ0v) is 64.1. The maximum absolute atomic E-state index is 13.1. The van der Waals surface area contributed by atoms with Gasteiger partial charge in [0.25, 0.3) is 0 Å². The predicted octanol–water partition coefficient (Wildman–Crippen LogP) is 22.0. The quantitative estimate of drug-likeness (QED) is 0.0222. The standard InChI is InChI=1S/C76H148O17P2/c1-9-68(7)54-46-38-30-24-20-16-12-14-18-22-26-32-43-51-59-76(81)93-72(63-87-74(79)57-49-41-35-34-39-47-55-69(8)10-2)65-91-95(84,85)89-61-70(77)60-88-94(82,83)90-64-71(62-86-73(78)56-48-40-33-27-29-37-45-53-67(5)6)92-75(80)58-50-42-31-25-21-17-13-11-15-19-23-28-36-44-52-66(3)4/h66-72,77H,9-65H2,1-8H3,(H,82,83)(H,84,85)/t68?,69?,70?,71-,72-/m1/s1. The number of aliphatic hydroxyl groups excluding tert-OH is 1. The molecule has 5 unspecified atom stereocenters. The first-order valence-electron chi connectivity index (χ1n) is 39.3. The first-order valence-corrected chi connectivity index (χ1v) is 42.3. The highest BCUT2D eigenvalue weighted by Crippen LogP contribution is 2.45. The molecule has 0 aliphatic carbocycles. The zero-order valence-electron chi connectivity index (χ0n) is 62.3. The largest absolute Gasteiger partial charge is 0.472 e. The van der Waals surface area contributed by atoms with Crippen LogP contribution in [0.1, 0.15) is 383 Å². The molecule has 0 aliphatic heterocycles. The highest BCUT2D eigenvalue weighted by molar-refractivity contribution is 7.47. The van der Waals surface area contributed by atoms with Crippen LogP contribution in [-0.2, 0) is 65.4 Å². The number of ether oxygens (including phenoxy) is 4. The van der Waals surface area contributed by atoms with Crippen molar-refractivity contribution >= 4 is 39.5 Å². The minimum Gasteiger partial charge on any atom is -0.462 e. The van der Waals surface area contributed by atoms with E-state index in [9.17, 15) is 43.2 Å². The van der Waals surface area contributed by atoms with Crippen molar-refractivity contribution in [2.75, 3.05) is 39.6 Å². The number of rotatable bonds is 73. The first-order chi connectivity index (χ1) is 45.7. The van der Waals surface area contributed by atoms with Gasteiger partial charge in [0.15, 0.2) is 12.2 Å². The van der Waals surface area contributed by atoms with E-state index in [0.29, 0.717) is 31.6 Å². The van der Waals surface area contributed by atoms with Gasteiger partial charge in [0.05, 0.1) is 26.4 Å². The molecule has 0 aromatic heterocycles. The summed E-state index contributed by atoms with van der Waals surface area (Å²) in [6, 6.07) is 0. The summed E-state index contributed by atoms with van der Waals surface area (Å²) in [5.41, 5.74) is 0. The molecule has 17 nitrogen and oxygen atoms in total. The van der Waals surface area contributed by atoms with Crippen LogP contribution in [0, 0.1) is 23.7 Å². The fourth-order valence-corrected chi connectivity index (χ4v) is 13.1. The maximum atomic E-state index is 13.1. The predicted molar refractivity (Wildman–Crippen MR) is 386 cm³/mol. The van der Waals surface area contributed by atoms with Gasteiger partial charge in [-0.15, -0.1) is 0 Å². The van der Waals surface area contributed by atoms with E-state index >= 15 is 0 Å². The number of phosphoric ester groups is 2. The van der Waals surface area contributed by atoms with E-state index in [-0.39, 0.29) is 25.7 Å². The third kappa shape index (κ3) is 67.6. The fourth-order valence-electron chi connectivity index (χ4n) is 11.5. The van der Waals surface area contributed by atoms with Crippen LogP contribution in [0.4, 0.5) is 0 Å². The number of phosphoric acid groups is 2. The Morgan fingerprint density at radius 3 is 0.747 bits per heavy atom. The van der Waals surface area contributed by atoms with Gasteiger partial charge in [-0.25, -0.2) is 9.13 Å². The second-order valence-corrected chi connectivity index (χ2v) is 31.7. The molecule has 0 amide bonds. The Balaban J connectivity index is 5.22. The van der Waals surface area contributed by atoms with E-state index in [1.165, 1.54) is 173 Å². The van der Waals surface area contributed by atoms with Crippen LogP contribution < -0.4 is 0 Å². The van der Waals surface area contributed by atoms with Crippen molar-refractivity contribution in [2.24, 2.45) is 23.7 Å². The molecular weight excluding hydrogens is 1250 g/mol. The van der Waals surface area contributed by atoms with Crippen LogP contribution in [0.15, 0.2) is 0 Å². The number of unbranched alkanes of at least 4 members (excludes halogenated alkanes) is 37. The summed E-state index contributed by atoms with van der Waals surface area (Å²) in [6.07, 6.45) is 50.0. The lowest BCUT2D eigenvalue weighted by Gasteiger charge is -2.21. The molecular formula is C76H148O17P2. The molecule has 0 saturated carbocycles. The Hall–Kier alpha value is -1.94. The lowest BCUT2D eigenvalue weighted by molar-refractivity contribution is -0.161. The van der Waals surface area contributed by atoms with Crippen LogP contribution in [-0.4, -0.2) is 96.7 Å². The molecule has 0 aromatic carbocycles. The maximum Gasteiger partial charge on any atom is 0.472 e. The lowest BCUT2D eigenvalue weighted by atomic mass is 9.99. The fraction of sp³-hybridized carbons (Fsp3) is 0.947. The van der Waals surface area contributed by atoms with E-state index < -0.39 is 97.5 Å². The van der Waals surface area contributed by atoms with Crippen LogP contribution >= 0.6 is 15.6 Å². The van der Waals surface area contributed by atoms with E-state index in [1.54, 1.807) is 0 Å². The lowest BCUT2D eigenvalue weighted by Crippen LogP contribution is -2.30. The molecule has 7 atom stereocenters. The van der Waals surface area contributed by atoms with Gasteiger partial charge < -0.3 is 33.8 Å². The molecule has 95 heavy (non-hydrogen) atoms. The molecule has 0 aromatic rings. The molecule has 0 aliphatic rings. The van der Waals surface area contributed by atoms with Crippen molar-refractivity contribution in [2.45, 2.75) is 401 Å². The smallest absolute Gasteiger partial charge is 0.462 e. The highest BCUT2D eigenvalue weighted by atomic mass is 31.2. The monoisotopic (exact) mass is 1400 g/mol. The molecule has 0 radical (unpaired) electrons. The number of carbonyl (C=O) groups excluding carboxylic acids is 4. The average molecular weight is 1400 g/mol. The summed E-state index contributed by atoms with van der Waals surface area (Å²) in [6.45, 7) is 14.2. The molecule has 0 saturated heterocycles. The van der Waals surface area contributed by atoms with Crippen LogP contribution in [0.25, 0.3) is 0 Å². The molecule has 0 spiro atoms. The zero-order chi connectivity index (χ0) is 70.3.